The number of nitrogens with one attached hydrogen (secondary N) is 1. The van der Waals surface area contributed by atoms with Gasteiger partial charge in [0.2, 0.25) is 17.7 Å². The van der Waals surface area contributed by atoms with Gasteiger partial charge in [0, 0.05) is 29.2 Å². The highest BCUT2D eigenvalue weighted by atomic mass is 32.1. The van der Waals surface area contributed by atoms with Crippen molar-refractivity contribution < 1.29 is 9.21 Å². The lowest BCUT2D eigenvalue weighted by molar-refractivity contribution is -0.116. The van der Waals surface area contributed by atoms with E-state index in [1.165, 1.54) is 0 Å². The molecule has 7 heteroatoms. The molecular weight excluding hydrogens is 336 g/mol. The summed E-state index contributed by atoms with van der Waals surface area (Å²) in [5.74, 6) is 1.32. The Morgan fingerprint density at radius 3 is 2.92 bits per heavy atom. The van der Waals surface area contributed by atoms with Crippen molar-refractivity contribution in [1.82, 2.24) is 15.2 Å². The van der Waals surface area contributed by atoms with Crippen LogP contribution in [0.15, 0.2) is 57.6 Å². The lowest BCUT2D eigenvalue weighted by atomic mass is 10.2. The number of aryl methyl sites for hydroxylation is 1. The van der Waals surface area contributed by atoms with E-state index in [1.807, 2.05) is 47.2 Å². The third kappa shape index (κ3) is 3.56. The van der Waals surface area contributed by atoms with E-state index >= 15 is 0 Å². The summed E-state index contributed by atoms with van der Waals surface area (Å²) in [4.78, 5) is 16.5. The van der Waals surface area contributed by atoms with Gasteiger partial charge in [-0.2, -0.15) is 11.3 Å². The summed E-state index contributed by atoms with van der Waals surface area (Å²) in [6.07, 6.45) is 0.635. The molecule has 0 aliphatic rings. The smallest absolute Gasteiger partial charge is 0.248 e. The number of anilines is 1. The van der Waals surface area contributed by atoms with Crippen LogP contribution in [0.1, 0.15) is 12.3 Å². The van der Waals surface area contributed by atoms with Gasteiger partial charge in [0.15, 0.2) is 0 Å². The fraction of sp³-hybridized carbons (Fsp3) is 0.111. The molecule has 1 aromatic carbocycles. The molecule has 25 heavy (non-hydrogen) atoms. The van der Waals surface area contributed by atoms with Crippen molar-refractivity contribution in [3.8, 4) is 11.5 Å². The lowest BCUT2D eigenvalue weighted by Crippen LogP contribution is -2.13. The normalized spacial score (nSPS) is 10.9. The van der Waals surface area contributed by atoms with Crippen molar-refractivity contribution in [2.75, 3.05) is 5.32 Å². The Balaban J connectivity index is 1.37. The number of nitrogens with zero attached hydrogens (tertiary/aromatic N) is 3. The minimum absolute atomic E-state index is 0.141. The molecule has 4 rings (SSSR count). The van der Waals surface area contributed by atoms with Gasteiger partial charge < -0.3 is 9.73 Å². The van der Waals surface area contributed by atoms with Crippen LogP contribution in [0.5, 0.6) is 0 Å². The highest BCUT2D eigenvalue weighted by Crippen LogP contribution is 2.21. The second kappa shape index (κ2) is 6.82. The van der Waals surface area contributed by atoms with E-state index in [0.717, 1.165) is 16.5 Å². The van der Waals surface area contributed by atoms with Gasteiger partial charge in [-0.15, -0.1) is 10.2 Å². The maximum Gasteiger partial charge on any atom is 0.248 e. The van der Waals surface area contributed by atoms with Gasteiger partial charge in [-0.1, -0.05) is 18.2 Å². The Bertz CT molecular complexity index is 1010. The van der Waals surface area contributed by atoms with Gasteiger partial charge in [-0.3, -0.25) is 4.79 Å². The van der Waals surface area contributed by atoms with E-state index in [2.05, 4.69) is 20.5 Å². The maximum atomic E-state index is 12.1. The molecule has 6 nitrogen and oxygen atoms in total. The van der Waals surface area contributed by atoms with E-state index in [1.54, 1.807) is 17.4 Å². The molecule has 0 saturated heterocycles. The maximum absolute atomic E-state index is 12.1. The van der Waals surface area contributed by atoms with Crippen molar-refractivity contribution in [2.45, 2.75) is 12.8 Å². The summed E-state index contributed by atoms with van der Waals surface area (Å²) in [7, 11) is 0. The molecule has 0 spiro atoms. The molecule has 124 valence electrons. The predicted molar refractivity (Wildman–Crippen MR) is 96.3 cm³/mol. The summed E-state index contributed by atoms with van der Waals surface area (Å²) >= 11 is 1.57. The van der Waals surface area contributed by atoms with E-state index in [-0.39, 0.29) is 12.3 Å². The fourth-order valence-corrected chi connectivity index (χ4v) is 3.05. The van der Waals surface area contributed by atoms with Gasteiger partial charge in [0.1, 0.15) is 5.82 Å². The van der Waals surface area contributed by atoms with Gasteiger partial charge in [0.05, 0.1) is 5.52 Å². The molecule has 3 aromatic heterocycles. The first kappa shape index (κ1) is 15.5. The minimum atomic E-state index is -0.141. The number of carbonyl (C=O) groups is 1. The van der Waals surface area contributed by atoms with Crippen LogP contribution in [0.25, 0.3) is 22.4 Å². The molecule has 0 aliphatic heterocycles. The van der Waals surface area contributed by atoms with Crippen LogP contribution in [0.3, 0.4) is 0 Å². The number of aromatic nitrogens is 3. The molecule has 0 atom stereocenters. The average molecular weight is 350 g/mol. The number of fused-ring (bicyclic) bond motifs is 1. The molecule has 3 heterocycles. The highest BCUT2D eigenvalue weighted by molar-refractivity contribution is 7.08. The van der Waals surface area contributed by atoms with Crippen LogP contribution >= 0.6 is 11.3 Å². The molecule has 1 N–H and O–H groups in total. The summed E-state index contributed by atoms with van der Waals surface area (Å²) in [5, 5.41) is 15.7. The fourth-order valence-electron chi connectivity index (χ4n) is 2.42. The Kier molecular flexibility index (Phi) is 4.22. The van der Waals surface area contributed by atoms with Crippen LogP contribution in [0.4, 0.5) is 5.82 Å². The zero-order valence-corrected chi connectivity index (χ0v) is 14.0. The summed E-state index contributed by atoms with van der Waals surface area (Å²) in [5.41, 5.74) is 1.74. The van der Waals surface area contributed by atoms with E-state index in [0.29, 0.717) is 24.0 Å². The Labute approximate surface area is 147 Å². The monoisotopic (exact) mass is 350 g/mol. The minimum Gasteiger partial charge on any atom is -0.421 e. The number of para-hydroxylation sites is 1. The van der Waals surface area contributed by atoms with Crippen LogP contribution in [-0.4, -0.2) is 21.1 Å². The Hall–Kier alpha value is -3.06. The van der Waals surface area contributed by atoms with Crippen molar-refractivity contribution in [2.24, 2.45) is 0 Å². The number of hydrogen-bond donors (Lipinski definition) is 1. The number of rotatable bonds is 5. The molecule has 0 unspecified atom stereocenters. The zero-order valence-electron chi connectivity index (χ0n) is 13.2. The number of thiophene rings is 1. The van der Waals surface area contributed by atoms with Crippen LogP contribution in [0, 0.1) is 0 Å². The SMILES string of the molecule is O=C(CCc1nnc(-c2ccsc2)o1)Nc1ccc2ccccc2n1. The second-order valence-electron chi connectivity index (χ2n) is 5.45. The molecule has 0 aliphatic carbocycles. The predicted octanol–water partition coefficient (Wildman–Crippen LogP) is 3.92. The molecule has 0 saturated carbocycles. The first-order valence-corrected chi connectivity index (χ1v) is 8.73. The third-order valence-corrected chi connectivity index (χ3v) is 4.35. The van der Waals surface area contributed by atoms with Gasteiger partial charge in [0.25, 0.3) is 0 Å². The first-order chi connectivity index (χ1) is 12.3. The van der Waals surface area contributed by atoms with E-state index in [4.69, 9.17) is 4.42 Å². The van der Waals surface area contributed by atoms with Gasteiger partial charge in [-0.25, -0.2) is 4.98 Å². The largest absolute Gasteiger partial charge is 0.421 e. The lowest BCUT2D eigenvalue weighted by Gasteiger charge is -2.04. The molecule has 1 amide bonds. The van der Waals surface area contributed by atoms with Crippen molar-refractivity contribution in [1.29, 1.82) is 0 Å². The number of hydrogen-bond acceptors (Lipinski definition) is 6. The average Bonchev–Trinajstić information content (AvgIpc) is 3.31. The van der Waals surface area contributed by atoms with Crippen molar-refractivity contribution in [3.05, 3.63) is 59.1 Å². The summed E-state index contributed by atoms with van der Waals surface area (Å²) in [6, 6.07) is 13.4. The number of benzene rings is 1. The topological polar surface area (TPSA) is 80.9 Å². The zero-order chi connectivity index (χ0) is 17.1. The quantitative estimate of drug-likeness (QED) is 0.590. The molecule has 0 radical (unpaired) electrons. The molecule has 0 bridgehead atoms. The van der Waals surface area contributed by atoms with E-state index < -0.39 is 0 Å². The van der Waals surface area contributed by atoms with Crippen LogP contribution in [0.2, 0.25) is 0 Å². The Morgan fingerprint density at radius 2 is 2.04 bits per heavy atom. The molecular formula is C18H14N4O2S. The number of carbonyl (C=O) groups excluding carboxylic acids is 1. The number of pyridine rings is 1. The van der Waals surface area contributed by atoms with Crippen molar-refractivity contribution >= 4 is 34.0 Å². The second-order valence-corrected chi connectivity index (χ2v) is 6.23. The van der Waals surface area contributed by atoms with Gasteiger partial charge in [-0.05, 0) is 29.6 Å². The summed E-state index contributed by atoms with van der Waals surface area (Å²) < 4.78 is 5.58. The highest BCUT2D eigenvalue weighted by Gasteiger charge is 2.11. The van der Waals surface area contributed by atoms with Crippen LogP contribution in [-0.2, 0) is 11.2 Å². The third-order valence-electron chi connectivity index (χ3n) is 3.67. The van der Waals surface area contributed by atoms with E-state index in [9.17, 15) is 4.79 Å². The van der Waals surface area contributed by atoms with Crippen molar-refractivity contribution in [3.63, 3.8) is 0 Å². The van der Waals surface area contributed by atoms with Gasteiger partial charge >= 0.3 is 0 Å². The Morgan fingerprint density at radius 1 is 1.12 bits per heavy atom. The van der Waals surface area contributed by atoms with Crippen LogP contribution < -0.4 is 5.32 Å². The summed E-state index contributed by atoms with van der Waals surface area (Å²) in [6.45, 7) is 0. The molecule has 4 aromatic rings. The number of amides is 1. The molecule has 0 fully saturated rings. The standard InChI is InChI=1S/C18H14N4O2S/c23-16(20-15-6-5-12-3-1-2-4-14(12)19-15)7-8-17-21-22-18(24-17)13-9-10-25-11-13/h1-6,9-11H,7-8H2,(H,19,20,23). The first-order valence-electron chi connectivity index (χ1n) is 7.78.